The largest absolute Gasteiger partial charge is 0.573 e. The van der Waals surface area contributed by atoms with Gasteiger partial charge in [-0.05, 0) is 36.8 Å². The summed E-state index contributed by atoms with van der Waals surface area (Å²) in [5, 5.41) is 0. The molecule has 0 saturated carbocycles. The minimum absolute atomic E-state index is 0.212. The van der Waals surface area contributed by atoms with Crippen molar-refractivity contribution in [3.8, 4) is 17.2 Å². The van der Waals surface area contributed by atoms with Crippen LogP contribution in [0.5, 0.6) is 17.2 Å². The first-order valence-electron chi connectivity index (χ1n) is 7.97. The van der Waals surface area contributed by atoms with Crippen molar-refractivity contribution < 1.29 is 32.2 Å². The molecule has 0 fully saturated rings. The van der Waals surface area contributed by atoms with Gasteiger partial charge in [0.15, 0.2) is 0 Å². The molecule has 8 heteroatoms. The maximum atomic E-state index is 12.7. The summed E-state index contributed by atoms with van der Waals surface area (Å²) in [6.45, 7) is 2.03. The standard InChI is InChI=1S/C19H20F3NO4/c1-12-16(25-3)9-14(10-17(12)26-4)18(24)23(2)11-13-5-7-15(8-6-13)27-19(20,21)22/h5-10H,11H2,1-4H3. The van der Waals surface area contributed by atoms with Crippen molar-refractivity contribution >= 4 is 5.91 Å². The first-order chi connectivity index (χ1) is 12.6. The molecule has 2 rings (SSSR count). The Kier molecular flexibility index (Phi) is 6.20. The number of halogens is 3. The Labute approximate surface area is 155 Å². The second-order valence-corrected chi connectivity index (χ2v) is 5.86. The third-order valence-corrected chi connectivity index (χ3v) is 3.92. The van der Waals surface area contributed by atoms with Crippen LogP contribution >= 0.6 is 0 Å². The normalized spacial score (nSPS) is 11.1. The molecule has 0 atom stereocenters. The summed E-state index contributed by atoms with van der Waals surface area (Å²) in [4.78, 5) is 14.1. The van der Waals surface area contributed by atoms with Gasteiger partial charge in [-0.25, -0.2) is 0 Å². The van der Waals surface area contributed by atoms with Crippen LogP contribution in [-0.4, -0.2) is 38.4 Å². The Morgan fingerprint density at radius 1 is 1.04 bits per heavy atom. The van der Waals surface area contributed by atoms with Crippen LogP contribution in [0.15, 0.2) is 36.4 Å². The Morgan fingerprint density at radius 3 is 2.00 bits per heavy atom. The summed E-state index contributed by atoms with van der Waals surface area (Å²) in [6, 6.07) is 8.61. The van der Waals surface area contributed by atoms with Gasteiger partial charge < -0.3 is 19.1 Å². The van der Waals surface area contributed by atoms with Crippen molar-refractivity contribution in [3.63, 3.8) is 0 Å². The minimum Gasteiger partial charge on any atom is -0.496 e. The van der Waals surface area contributed by atoms with E-state index in [1.807, 2.05) is 6.92 Å². The average Bonchev–Trinajstić information content (AvgIpc) is 2.61. The molecule has 5 nitrogen and oxygen atoms in total. The van der Waals surface area contributed by atoms with E-state index in [1.54, 1.807) is 19.2 Å². The quantitative estimate of drug-likeness (QED) is 0.751. The number of amides is 1. The zero-order valence-electron chi connectivity index (χ0n) is 15.4. The fourth-order valence-electron chi connectivity index (χ4n) is 2.57. The molecule has 0 heterocycles. The highest BCUT2D eigenvalue weighted by atomic mass is 19.4. The van der Waals surface area contributed by atoms with E-state index in [1.165, 1.54) is 43.4 Å². The van der Waals surface area contributed by atoms with Crippen molar-refractivity contribution in [2.45, 2.75) is 19.8 Å². The van der Waals surface area contributed by atoms with E-state index in [9.17, 15) is 18.0 Å². The first-order valence-corrected chi connectivity index (χ1v) is 7.97. The molecule has 0 saturated heterocycles. The molecule has 0 spiro atoms. The van der Waals surface area contributed by atoms with Crippen molar-refractivity contribution in [2.75, 3.05) is 21.3 Å². The number of carbonyl (C=O) groups excluding carboxylic acids is 1. The number of rotatable bonds is 6. The van der Waals surface area contributed by atoms with Crippen LogP contribution in [0.25, 0.3) is 0 Å². The van der Waals surface area contributed by atoms with E-state index < -0.39 is 6.36 Å². The zero-order valence-corrected chi connectivity index (χ0v) is 15.4. The molecule has 0 unspecified atom stereocenters. The number of nitrogens with zero attached hydrogens (tertiary/aromatic N) is 1. The number of carbonyl (C=O) groups is 1. The van der Waals surface area contributed by atoms with Crippen molar-refractivity contribution in [1.82, 2.24) is 4.90 Å². The highest BCUT2D eigenvalue weighted by molar-refractivity contribution is 5.95. The maximum Gasteiger partial charge on any atom is 0.573 e. The summed E-state index contributed by atoms with van der Waals surface area (Å²) in [7, 11) is 4.61. The van der Waals surface area contributed by atoms with Gasteiger partial charge >= 0.3 is 6.36 Å². The number of ether oxygens (including phenoxy) is 3. The van der Waals surface area contributed by atoms with Gasteiger partial charge in [-0.15, -0.1) is 13.2 Å². The van der Waals surface area contributed by atoms with Crippen LogP contribution in [0.2, 0.25) is 0 Å². The van der Waals surface area contributed by atoms with Gasteiger partial charge in [0.25, 0.3) is 5.91 Å². The Morgan fingerprint density at radius 2 is 1.56 bits per heavy atom. The van der Waals surface area contributed by atoms with E-state index in [-0.39, 0.29) is 18.2 Å². The molecule has 0 aliphatic carbocycles. The van der Waals surface area contributed by atoms with Gasteiger partial charge in [0.1, 0.15) is 17.2 Å². The molecular weight excluding hydrogens is 363 g/mol. The predicted molar refractivity (Wildman–Crippen MR) is 93.2 cm³/mol. The fourth-order valence-corrected chi connectivity index (χ4v) is 2.57. The van der Waals surface area contributed by atoms with Crippen molar-refractivity contribution in [1.29, 1.82) is 0 Å². The molecule has 0 aliphatic rings. The first kappa shape index (κ1) is 20.4. The molecule has 2 aromatic rings. The lowest BCUT2D eigenvalue weighted by molar-refractivity contribution is -0.274. The lowest BCUT2D eigenvalue weighted by atomic mass is 10.1. The van der Waals surface area contributed by atoms with Crippen LogP contribution in [0.3, 0.4) is 0 Å². The highest BCUT2D eigenvalue weighted by Crippen LogP contribution is 2.30. The second-order valence-electron chi connectivity index (χ2n) is 5.86. The van der Waals surface area contributed by atoms with Gasteiger partial charge in [0.05, 0.1) is 14.2 Å². The van der Waals surface area contributed by atoms with Crippen molar-refractivity contribution in [2.24, 2.45) is 0 Å². The maximum absolute atomic E-state index is 12.7. The van der Waals surface area contributed by atoms with Crippen LogP contribution in [0.4, 0.5) is 13.2 Å². The third-order valence-electron chi connectivity index (χ3n) is 3.92. The topological polar surface area (TPSA) is 48.0 Å². The lowest BCUT2D eigenvalue weighted by Crippen LogP contribution is -2.26. The number of methoxy groups -OCH3 is 2. The Bertz CT molecular complexity index is 779. The predicted octanol–water partition coefficient (Wildman–Crippen LogP) is 4.18. The number of hydrogen-bond donors (Lipinski definition) is 0. The van der Waals surface area contributed by atoms with E-state index in [0.29, 0.717) is 22.6 Å². The molecule has 0 aliphatic heterocycles. The molecule has 1 amide bonds. The molecule has 0 N–H and O–H groups in total. The number of benzene rings is 2. The molecule has 0 aromatic heterocycles. The van der Waals surface area contributed by atoms with Gasteiger partial charge in [-0.1, -0.05) is 12.1 Å². The monoisotopic (exact) mass is 383 g/mol. The highest BCUT2D eigenvalue weighted by Gasteiger charge is 2.31. The summed E-state index contributed by atoms with van der Waals surface area (Å²) >= 11 is 0. The third kappa shape index (κ3) is 5.29. The van der Waals surface area contributed by atoms with Crippen LogP contribution < -0.4 is 14.2 Å². The van der Waals surface area contributed by atoms with Crippen LogP contribution in [0, 0.1) is 6.92 Å². The lowest BCUT2D eigenvalue weighted by Gasteiger charge is -2.19. The summed E-state index contributed by atoms with van der Waals surface area (Å²) in [6.07, 6.45) is -4.74. The van der Waals surface area contributed by atoms with Gasteiger partial charge in [-0.2, -0.15) is 0 Å². The van der Waals surface area contributed by atoms with E-state index in [4.69, 9.17) is 9.47 Å². The van der Waals surface area contributed by atoms with E-state index >= 15 is 0 Å². The van der Waals surface area contributed by atoms with E-state index in [2.05, 4.69) is 4.74 Å². The number of hydrogen-bond acceptors (Lipinski definition) is 4. The van der Waals surface area contributed by atoms with Gasteiger partial charge in [0, 0.05) is 24.7 Å². The molecule has 146 valence electrons. The molecule has 27 heavy (non-hydrogen) atoms. The van der Waals surface area contributed by atoms with Gasteiger partial charge in [0.2, 0.25) is 0 Å². The SMILES string of the molecule is COc1cc(C(=O)N(C)Cc2ccc(OC(F)(F)F)cc2)cc(OC)c1C. The van der Waals surface area contributed by atoms with Crippen LogP contribution in [0.1, 0.15) is 21.5 Å². The Hall–Kier alpha value is -2.90. The molecule has 0 bridgehead atoms. The second kappa shape index (κ2) is 8.20. The molecule has 0 radical (unpaired) electrons. The average molecular weight is 383 g/mol. The summed E-state index contributed by atoms with van der Waals surface area (Å²) in [5.41, 5.74) is 1.82. The minimum atomic E-state index is -4.74. The molecule has 2 aromatic carbocycles. The van der Waals surface area contributed by atoms with Crippen LogP contribution in [-0.2, 0) is 6.54 Å². The summed E-state index contributed by atoms with van der Waals surface area (Å²) < 4.78 is 51.0. The van der Waals surface area contributed by atoms with Crippen molar-refractivity contribution in [3.05, 3.63) is 53.1 Å². The smallest absolute Gasteiger partial charge is 0.496 e. The van der Waals surface area contributed by atoms with E-state index in [0.717, 1.165) is 5.56 Å². The van der Waals surface area contributed by atoms with Gasteiger partial charge in [-0.3, -0.25) is 4.79 Å². The zero-order chi connectivity index (χ0) is 20.2. The number of alkyl halides is 3. The fraction of sp³-hybridized carbons (Fsp3) is 0.316. The Balaban J connectivity index is 2.14. The molecular formula is C19H20F3NO4. The summed E-state index contributed by atoms with van der Waals surface area (Å²) in [5.74, 6) is 0.468.